The fourth-order valence-electron chi connectivity index (χ4n) is 2.30. The van der Waals surface area contributed by atoms with Crippen molar-refractivity contribution in [1.29, 1.82) is 0 Å². The number of aromatic nitrogens is 1. The van der Waals surface area contributed by atoms with Crippen molar-refractivity contribution >= 4 is 22.4 Å². The molecule has 5 heteroatoms. The van der Waals surface area contributed by atoms with Crippen LogP contribution in [-0.2, 0) is 4.74 Å². The second kappa shape index (κ2) is 7.07. The van der Waals surface area contributed by atoms with E-state index in [0.717, 1.165) is 21.8 Å². The third-order valence-corrected chi connectivity index (χ3v) is 4.33. The molecule has 1 amide bonds. The number of nitrogens with one attached hydrogen (secondary N) is 1. The van der Waals surface area contributed by atoms with E-state index in [0.29, 0.717) is 5.00 Å². The van der Waals surface area contributed by atoms with Crippen molar-refractivity contribution in [2.75, 3.05) is 5.32 Å². The first-order valence-electron chi connectivity index (χ1n) is 8.04. The number of nitrogens with zero attached hydrogens (tertiary/aromatic N) is 1. The molecule has 0 aliphatic heterocycles. The fraction of sp³-hybridized carbons (Fsp3) is 0.200. The van der Waals surface area contributed by atoms with Gasteiger partial charge in [-0.2, -0.15) is 0 Å². The maximum atomic E-state index is 12.2. The summed E-state index contributed by atoms with van der Waals surface area (Å²) in [6.45, 7) is 5.52. The topological polar surface area (TPSA) is 51.2 Å². The van der Waals surface area contributed by atoms with Crippen molar-refractivity contribution in [3.05, 3.63) is 60.7 Å². The van der Waals surface area contributed by atoms with Gasteiger partial charge in [0.15, 0.2) is 0 Å². The maximum absolute atomic E-state index is 12.2. The Balaban J connectivity index is 1.98. The largest absolute Gasteiger partial charge is 0.444 e. The SMILES string of the molecule is CC(C)(C)OC(=O)Nc1sc(-c2ccccc2)nc1-c1ccccc1. The quantitative estimate of drug-likeness (QED) is 0.646. The molecule has 1 aromatic heterocycles. The summed E-state index contributed by atoms with van der Waals surface area (Å²) in [5.74, 6) is 0. The van der Waals surface area contributed by atoms with E-state index in [1.54, 1.807) is 0 Å². The van der Waals surface area contributed by atoms with E-state index in [4.69, 9.17) is 9.72 Å². The van der Waals surface area contributed by atoms with Crippen LogP contribution >= 0.6 is 11.3 Å². The van der Waals surface area contributed by atoms with Crippen LogP contribution in [0.2, 0.25) is 0 Å². The summed E-state index contributed by atoms with van der Waals surface area (Å²) in [5.41, 5.74) is 2.16. The molecule has 0 radical (unpaired) electrons. The van der Waals surface area contributed by atoms with Crippen molar-refractivity contribution < 1.29 is 9.53 Å². The van der Waals surface area contributed by atoms with Gasteiger partial charge in [0.25, 0.3) is 0 Å². The molecule has 3 aromatic rings. The number of carbonyl (C=O) groups excluding carboxylic acids is 1. The fourth-order valence-corrected chi connectivity index (χ4v) is 3.28. The molecule has 0 fully saturated rings. The van der Waals surface area contributed by atoms with Crippen molar-refractivity contribution in [2.45, 2.75) is 26.4 Å². The monoisotopic (exact) mass is 352 g/mol. The number of rotatable bonds is 3. The first kappa shape index (κ1) is 17.2. The van der Waals surface area contributed by atoms with Crippen molar-refractivity contribution in [3.8, 4) is 21.8 Å². The zero-order valence-corrected chi connectivity index (χ0v) is 15.3. The summed E-state index contributed by atoms with van der Waals surface area (Å²) < 4.78 is 5.38. The van der Waals surface area contributed by atoms with Crippen molar-refractivity contribution in [2.24, 2.45) is 0 Å². The number of hydrogen-bond acceptors (Lipinski definition) is 4. The summed E-state index contributed by atoms with van der Waals surface area (Å²) in [4.78, 5) is 17.0. The number of ether oxygens (including phenoxy) is 1. The molecule has 0 bridgehead atoms. The standard InChI is InChI=1S/C20H20N2O2S/c1-20(2,3)24-19(23)22-18-16(14-10-6-4-7-11-14)21-17(25-18)15-12-8-5-9-13-15/h4-13H,1-3H3,(H,22,23). The van der Waals surface area contributed by atoms with E-state index in [1.165, 1.54) is 11.3 Å². The van der Waals surface area contributed by atoms with Crippen LogP contribution in [0.15, 0.2) is 60.7 Å². The van der Waals surface area contributed by atoms with Gasteiger partial charge in [0.1, 0.15) is 21.3 Å². The van der Waals surface area contributed by atoms with E-state index < -0.39 is 11.7 Å². The molecule has 0 spiro atoms. The number of hydrogen-bond donors (Lipinski definition) is 1. The molecule has 0 aliphatic carbocycles. The van der Waals surface area contributed by atoms with Gasteiger partial charge in [0.05, 0.1) is 0 Å². The lowest BCUT2D eigenvalue weighted by Crippen LogP contribution is -2.27. The molecule has 25 heavy (non-hydrogen) atoms. The normalized spacial score (nSPS) is 11.2. The molecule has 128 valence electrons. The van der Waals surface area contributed by atoms with Gasteiger partial charge in [0, 0.05) is 11.1 Å². The Morgan fingerprint density at radius 1 is 0.960 bits per heavy atom. The third kappa shape index (κ3) is 4.45. The molecule has 2 aromatic carbocycles. The van der Waals surface area contributed by atoms with Crippen LogP contribution in [-0.4, -0.2) is 16.7 Å². The first-order valence-corrected chi connectivity index (χ1v) is 8.86. The van der Waals surface area contributed by atoms with Crippen LogP contribution in [0, 0.1) is 0 Å². The zero-order valence-electron chi connectivity index (χ0n) is 14.4. The van der Waals surface area contributed by atoms with Gasteiger partial charge in [-0.3, -0.25) is 5.32 Å². The zero-order chi connectivity index (χ0) is 17.9. The van der Waals surface area contributed by atoms with Crippen molar-refractivity contribution in [3.63, 3.8) is 0 Å². The van der Waals surface area contributed by atoms with Gasteiger partial charge in [-0.25, -0.2) is 9.78 Å². The van der Waals surface area contributed by atoms with Gasteiger partial charge in [-0.05, 0) is 20.8 Å². The Labute approximate surface area is 151 Å². The van der Waals surface area contributed by atoms with Gasteiger partial charge in [0.2, 0.25) is 0 Å². The van der Waals surface area contributed by atoms with Crippen LogP contribution in [0.5, 0.6) is 0 Å². The number of benzene rings is 2. The Hall–Kier alpha value is -2.66. The summed E-state index contributed by atoms with van der Waals surface area (Å²) >= 11 is 1.44. The molecule has 1 N–H and O–H groups in total. The summed E-state index contributed by atoms with van der Waals surface area (Å²) in [6.07, 6.45) is -0.479. The van der Waals surface area contributed by atoms with E-state index in [2.05, 4.69) is 5.32 Å². The number of carbonyl (C=O) groups is 1. The first-order chi connectivity index (χ1) is 11.9. The predicted molar refractivity (Wildman–Crippen MR) is 103 cm³/mol. The Bertz CT molecular complexity index is 852. The Morgan fingerprint density at radius 3 is 2.08 bits per heavy atom. The minimum absolute atomic E-state index is 0.479. The van der Waals surface area contributed by atoms with E-state index >= 15 is 0 Å². The van der Waals surface area contributed by atoms with Gasteiger partial charge < -0.3 is 4.74 Å². The average molecular weight is 352 g/mol. The van der Waals surface area contributed by atoms with Crippen molar-refractivity contribution in [1.82, 2.24) is 4.98 Å². The molecule has 0 aliphatic rings. The number of amides is 1. The molecule has 0 unspecified atom stereocenters. The third-order valence-electron chi connectivity index (χ3n) is 3.31. The maximum Gasteiger partial charge on any atom is 0.412 e. The second-order valence-corrected chi connectivity index (χ2v) is 7.55. The molecule has 4 nitrogen and oxygen atoms in total. The van der Waals surface area contributed by atoms with Crippen LogP contribution in [0.1, 0.15) is 20.8 Å². The lowest BCUT2D eigenvalue weighted by Gasteiger charge is -2.19. The highest BCUT2D eigenvalue weighted by atomic mass is 32.1. The highest BCUT2D eigenvalue weighted by Crippen LogP contribution is 2.38. The predicted octanol–water partition coefficient (Wildman–Crippen LogP) is 5.82. The average Bonchev–Trinajstić information content (AvgIpc) is 2.98. The molecule has 0 saturated carbocycles. The summed E-state index contributed by atoms with van der Waals surface area (Å²) in [7, 11) is 0. The Kier molecular flexibility index (Phi) is 4.86. The highest BCUT2D eigenvalue weighted by molar-refractivity contribution is 7.19. The molecule has 0 atom stereocenters. The highest BCUT2D eigenvalue weighted by Gasteiger charge is 2.20. The molecule has 3 rings (SSSR count). The Morgan fingerprint density at radius 2 is 1.52 bits per heavy atom. The minimum atomic E-state index is -0.552. The van der Waals surface area contributed by atoms with Gasteiger partial charge in [-0.1, -0.05) is 72.0 Å². The smallest absolute Gasteiger partial charge is 0.412 e. The van der Waals surface area contributed by atoms with Crippen LogP contribution < -0.4 is 5.32 Å². The lowest BCUT2D eigenvalue weighted by molar-refractivity contribution is 0.0636. The van der Waals surface area contributed by atoms with Crippen LogP contribution in [0.25, 0.3) is 21.8 Å². The summed E-state index contributed by atoms with van der Waals surface area (Å²) in [6, 6.07) is 19.7. The van der Waals surface area contributed by atoms with E-state index in [-0.39, 0.29) is 0 Å². The van der Waals surface area contributed by atoms with Gasteiger partial charge in [-0.15, -0.1) is 0 Å². The van der Waals surface area contributed by atoms with E-state index in [9.17, 15) is 4.79 Å². The number of anilines is 1. The minimum Gasteiger partial charge on any atom is -0.444 e. The van der Waals surface area contributed by atoms with Crippen LogP contribution in [0.4, 0.5) is 9.80 Å². The molecular formula is C20H20N2O2S. The molecule has 1 heterocycles. The second-order valence-electron chi connectivity index (χ2n) is 6.56. The number of thiazole rings is 1. The van der Waals surface area contributed by atoms with Crippen LogP contribution in [0.3, 0.4) is 0 Å². The molecular weight excluding hydrogens is 332 g/mol. The summed E-state index contributed by atoms with van der Waals surface area (Å²) in [5, 5.41) is 4.38. The van der Waals surface area contributed by atoms with Gasteiger partial charge >= 0.3 is 6.09 Å². The van der Waals surface area contributed by atoms with E-state index in [1.807, 2.05) is 81.4 Å². The lowest BCUT2D eigenvalue weighted by atomic mass is 10.1. The molecule has 0 saturated heterocycles.